The summed E-state index contributed by atoms with van der Waals surface area (Å²) in [6.07, 6.45) is 17.6. The fourth-order valence-electron chi connectivity index (χ4n) is 4.56. The van der Waals surface area contributed by atoms with Gasteiger partial charge in [0.05, 0.1) is 118 Å². The first-order valence-electron chi connectivity index (χ1n) is 19.1. The number of unbranched alkanes of at least 4 members (excludes halogenated alkanes) is 12. The van der Waals surface area contributed by atoms with Crippen molar-refractivity contribution in [2.45, 2.75) is 117 Å². The van der Waals surface area contributed by atoms with Crippen molar-refractivity contribution < 1.29 is 52.2 Å². The third-order valence-electron chi connectivity index (χ3n) is 7.26. The number of esters is 1. The molecule has 0 bridgehead atoms. The molecular weight excluding hydrogens is 620 g/mol. The zero-order valence-electron chi connectivity index (χ0n) is 31.2. The number of carbonyl (C=O) groups excluding carboxylic acids is 1. The van der Waals surface area contributed by atoms with Crippen molar-refractivity contribution in [3.05, 3.63) is 0 Å². The Bertz CT molecular complexity index is 610. The smallest absolute Gasteiger partial charge is 0.305 e. The Hall–Kier alpha value is -0.890. The molecule has 0 rings (SSSR count). The number of rotatable bonds is 42. The summed E-state index contributed by atoms with van der Waals surface area (Å²) in [6, 6.07) is 0. The van der Waals surface area contributed by atoms with E-state index >= 15 is 0 Å². The predicted octanol–water partition coefficient (Wildman–Crippen LogP) is 6.57. The van der Waals surface area contributed by atoms with Gasteiger partial charge in [0.2, 0.25) is 0 Å². The first kappa shape index (κ1) is 47.1. The highest BCUT2D eigenvalue weighted by Crippen LogP contribution is 2.13. The maximum Gasteiger partial charge on any atom is 0.305 e. The van der Waals surface area contributed by atoms with Crippen molar-refractivity contribution >= 4 is 5.97 Å². The molecule has 11 nitrogen and oxygen atoms in total. The number of carbonyl (C=O) groups is 1. The minimum absolute atomic E-state index is 0.129. The second-order valence-corrected chi connectivity index (χ2v) is 12.0. The summed E-state index contributed by atoms with van der Waals surface area (Å²) in [5, 5.41) is 0. The van der Waals surface area contributed by atoms with Crippen LogP contribution in [-0.4, -0.2) is 131 Å². The van der Waals surface area contributed by atoms with E-state index in [0.717, 1.165) is 12.8 Å². The maximum absolute atomic E-state index is 11.9. The molecule has 0 aliphatic carbocycles. The van der Waals surface area contributed by atoms with Crippen molar-refractivity contribution in [3.63, 3.8) is 0 Å². The molecule has 11 heteroatoms. The van der Waals surface area contributed by atoms with Crippen molar-refractivity contribution in [2.75, 3.05) is 119 Å². The summed E-state index contributed by atoms with van der Waals surface area (Å²) in [5.74, 6) is -0.129. The lowest BCUT2D eigenvalue weighted by atomic mass is 10.0. The standard InChI is InChI=1S/C37H74O11/c1-4-5-6-7-8-9-10-11-12-13-14-15-16-17-37(38)48-35-33-46-31-29-44-27-25-42-23-21-40-19-18-39-20-22-41-24-26-43-28-30-45-32-34-47-36(2)3/h36H,4-35H2,1-3H3. The van der Waals surface area contributed by atoms with Crippen LogP contribution in [0, 0.1) is 0 Å². The first-order chi connectivity index (χ1) is 23.7. The highest BCUT2D eigenvalue weighted by atomic mass is 16.6. The molecule has 0 aromatic rings. The molecule has 0 spiro atoms. The molecule has 0 atom stereocenters. The molecule has 0 radical (unpaired) electrons. The summed E-state index contributed by atoms with van der Waals surface area (Å²) in [4.78, 5) is 11.9. The lowest BCUT2D eigenvalue weighted by Crippen LogP contribution is -2.15. The Morgan fingerprint density at radius 1 is 0.375 bits per heavy atom. The zero-order valence-corrected chi connectivity index (χ0v) is 31.2. The van der Waals surface area contributed by atoms with Crippen molar-refractivity contribution in [1.29, 1.82) is 0 Å². The Morgan fingerprint density at radius 3 is 0.958 bits per heavy atom. The average molecular weight is 695 g/mol. The fourth-order valence-corrected chi connectivity index (χ4v) is 4.56. The fraction of sp³-hybridized carbons (Fsp3) is 0.973. The van der Waals surface area contributed by atoms with Crippen LogP contribution in [0.3, 0.4) is 0 Å². The van der Waals surface area contributed by atoms with E-state index in [1.165, 1.54) is 70.6 Å². The quantitative estimate of drug-likeness (QED) is 0.0512. The summed E-state index contributed by atoms with van der Waals surface area (Å²) >= 11 is 0. The summed E-state index contributed by atoms with van der Waals surface area (Å²) < 4.78 is 54.4. The van der Waals surface area contributed by atoms with Gasteiger partial charge in [-0.05, 0) is 20.3 Å². The molecule has 0 unspecified atom stereocenters. The maximum atomic E-state index is 11.9. The summed E-state index contributed by atoms with van der Waals surface area (Å²) in [5.41, 5.74) is 0. The Balaban J connectivity index is 3.13. The van der Waals surface area contributed by atoms with E-state index in [2.05, 4.69) is 6.92 Å². The van der Waals surface area contributed by atoms with Crippen LogP contribution in [0.1, 0.15) is 111 Å². The van der Waals surface area contributed by atoms with Crippen molar-refractivity contribution in [1.82, 2.24) is 0 Å². The molecule has 0 saturated carbocycles. The molecule has 0 amide bonds. The van der Waals surface area contributed by atoms with E-state index in [1.807, 2.05) is 13.8 Å². The van der Waals surface area contributed by atoms with Crippen LogP contribution in [0.2, 0.25) is 0 Å². The van der Waals surface area contributed by atoms with Gasteiger partial charge in [-0.25, -0.2) is 0 Å². The molecule has 0 fully saturated rings. The average Bonchev–Trinajstić information content (AvgIpc) is 3.08. The van der Waals surface area contributed by atoms with Gasteiger partial charge in [0.1, 0.15) is 6.61 Å². The van der Waals surface area contributed by atoms with Gasteiger partial charge in [0.25, 0.3) is 0 Å². The third kappa shape index (κ3) is 43.1. The molecule has 0 saturated heterocycles. The van der Waals surface area contributed by atoms with Crippen LogP contribution in [0.15, 0.2) is 0 Å². The second-order valence-electron chi connectivity index (χ2n) is 12.0. The van der Waals surface area contributed by atoms with Gasteiger partial charge in [-0.2, -0.15) is 0 Å². The van der Waals surface area contributed by atoms with Crippen molar-refractivity contribution in [3.8, 4) is 0 Å². The first-order valence-corrected chi connectivity index (χ1v) is 19.1. The lowest BCUT2D eigenvalue weighted by Gasteiger charge is -2.09. The minimum Gasteiger partial charge on any atom is -0.463 e. The summed E-state index contributed by atoms with van der Waals surface area (Å²) in [7, 11) is 0. The molecule has 288 valence electrons. The molecule has 0 aromatic carbocycles. The van der Waals surface area contributed by atoms with Crippen molar-refractivity contribution in [2.24, 2.45) is 0 Å². The Labute approximate surface area is 293 Å². The highest BCUT2D eigenvalue weighted by molar-refractivity contribution is 5.69. The van der Waals surface area contributed by atoms with E-state index in [0.29, 0.717) is 125 Å². The zero-order chi connectivity index (χ0) is 34.9. The van der Waals surface area contributed by atoms with Crippen LogP contribution < -0.4 is 0 Å². The highest BCUT2D eigenvalue weighted by Gasteiger charge is 2.03. The normalized spacial score (nSPS) is 11.6. The number of hydrogen-bond donors (Lipinski definition) is 0. The predicted molar refractivity (Wildman–Crippen MR) is 189 cm³/mol. The molecular formula is C37H74O11. The van der Waals surface area contributed by atoms with Gasteiger partial charge in [-0.15, -0.1) is 0 Å². The van der Waals surface area contributed by atoms with Gasteiger partial charge in [-0.3, -0.25) is 4.79 Å². The largest absolute Gasteiger partial charge is 0.463 e. The van der Waals surface area contributed by atoms with E-state index in [4.69, 9.17) is 47.4 Å². The van der Waals surface area contributed by atoms with Crippen LogP contribution in [0.4, 0.5) is 0 Å². The number of hydrogen-bond acceptors (Lipinski definition) is 11. The van der Waals surface area contributed by atoms with E-state index < -0.39 is 0 Å². The molecule has 0 aliphatic heterocycles. The Kier molecular flexibility index (Phi) is 41.5. The van der Waals surface area contributed by atoms with Crippen LogP contribution in [0.25, 0.3) is 0 Å². The van der Waals surface area contributed by atoms with E-state index in [-0.39, 0.29) is 12.1 Å². The molecule has 0 aromatic heterocycles. The molecule has 48 heavy (non-hydrogen) atoms. The number of ether oxygens (including phenoxy) is 10. The third-order valence-corrected chi connectivity index (χ3v) is 7.26. The lowest BCUT2D eigenvalue weighted by molar-refractivity contribution is -0.145. The van der Waals surface area contributed by atoms with Gasteiger partial charge in [-0.1, -0.05) is 84.0 Å². The minimum atomic E-state index is -0.129. The Morgan fingerprint density at radius 2 is 0.646 bits per heavy atom. The topological polar surface area (TPSA) is 109 Å². The van der Waals surface area contributed by atoms with Gasteiger partial charge in [0.15, 0.2) is 0 Å². The molecule has 0 heterocycles. The monoisotopic (exact) mass is 695 g/mol. The van der Waals surface area contributed by atoms with E-state index in [9.17, 15) is 4.79 Å². The molecule has 0 aliphatic rings. The molecule has 0 N–H and O–H groups in total. The van der Waals surface area contributed by atoms with Crippen LogP contribution in [0.5, 0.6) is 0 Å². The second kappa shape index (κ2) is 42.3. The van der Waals surface area contributed by atoms with Gasteiger partial charge < -0.3 is 47.4 Å². The van der Waals surface area contributed by atoms with Gasteiger partial charge >= 0.3 is 5.97 Å². The van der Waals surface area contributed by atoms with Gasteiger partial charge in [0, 0.05) is 6.42 Å². The van der Waals surface area contributed by atoms with E-state index in [1.54, 1.807) is 0 Å². The van der Waals surface area contributed by atoms with Crippen LogP contribution in [-0.2, 0) is 52.2 Å². The summed E-state index contributed by atoms with van der Waals surface area (Å²) in [6.45, 7) is 15.3. The SMILES string of the molecule is CCCCCCCCCCCCCCCC(=O)OCCOCCOCCOCCOCCOCCOCCOCCOCCOC(C)C. The van der Waals surface area contributed by atoms with Crippen LogP contribution >= 0.6 is 0 Å².